The second-order valence-electron chi connectivity index (χ2n) is 5.32. The summed E-state index contributed by atoms with van der Waals surface area (Å²) >= 11 is 1.77. The van der Waals surface area contributed by atoms with Crippen molar-refractivity contribution in [3.63, 3.8) is 0 Å². The van der Waals surface area contributed by atoms with Crippen LogP contribution in [-0.4, -0.2) is 25.4 Å². The lowest BCUT2D eigenvalue weighted by molar-refractivity contribution is 0.102. The number of fused-ring (bicyclic) bond motifs is 1. The van der Waals surface area contributed by atoms with Crippen LogP contribution in [0.2, 0.25) is 0 Å². The van der Waals surface area contributed by atoms with Crippen LogP contribution in [0.4, 0.5) is 5.69 Å². The van der Waals surface area contributed by atoms with Gasteiger partial charge in [-0.2, -0.15) is 11.8 Å². The highest BCUT2D eigenvalue weighted by Crippen LogP contribution is 2.31. The smallest absolute Gasteiger partial charge is 0.255 e. The van der Waals surface area contributed by atoms with Gasteiger partial charge in [-0.15, -0.1) is 0 Å². The molecule has 3 rings (SSSR count). The molecule has 23 heavy (non-hydrogen) atoms. The number of benzene rings is 2. The van der Waals surface area contributed by atoms with Crippen LogP contribution < -0.4 is 14.8 Å². The van der Waals surface area contributed by atoms with Crippen molar-refractivity contribution in [1.82, 2.24) is 0 Å². The third-order valence-electron chi connectivity index (χ3n) is 3.77. The molecule has 1 aliphatic heterocycles. The molecule has 1 atom stereocenters. The maximum absolute atomic E-state index is 12.4. The van der Waals surface area contributed by atoms with Crippen LogP contribution in [0.5, 0.6) is 11.5 Å². The van der Waals surface area contributed by atoms with Gasteiger partial charge in [0, 0.05) is 16.5 Å². The Morgan fingerprint density at radius 3 is 2.70 bits per heavy atom. The molecular formula is C18H19NO3S. The van der Waals surface area contributed by atoms with Crippen LogP contribution >= 0.6 is 11.8 Å². The summed E-state index contributed by atoms with van der Waals surface area (Å²) in [5, 5.41) is 3.33. The van der Waals surface area contributed by atoms with Gasteiger partial charge in [0.05, 0.1) is 0 Å². The van der Waals surface area contributed by atoms with Gasteiger partial charge in [-0.25, -0.2) is 0 Å². The summed E-state index contributed by atoms with van der Waals surface area (Å²) in [5.74, 6) is 1.15. The Bertz CT molecular complexity index is 717. The number of hydrogen-bond acceptors (Lipinski definition) is 4. The highest BCUT2D eigenvalue weighted by atomic mass is 32.2. The molecule has 0 spiro atoms. The maximum Gasteiger partial charge on any atom is 0.255 e. The predicted octanol–water partition coefficient (Wildman–Crippen LogP) is 4.13. The van der Waals surface area contributed by atoms with E-state index >= 15 is 0 Å². The van der Waals surface area contributed by atoms with E-state index in [1.54, 1.807) is 30.0 Å². The largest absolute Gasteiger partial charge is 0.486 e. The van der Waals surface area contributed by atoms with Gasteiger partial charge in [-0.3, -0.25) is 4.79 Å². The molecule has 0 fully saturated rings. The van der Waals surface area contributed by atoms with Crippen molar-refractivity contribution in [2.24, 2.45) is 0 Å². The van der Waals surface area contributed by atoms with Gasteiger partial charge in [0.2, 0.25) is 0 Å². The van der Waals surface area contributed by atoms with Gasteiger partial charge in [0.1, 0.15) is 13.2 Å². The quantitative estimate of drug-likeness (QED) is 0.916. The zero-order valence-electron chi connectivity index (χ0n) is 13.2. The topological polar surface area (TPSA) is 47.6 Å². The van der Waals surface area contributed by atoms with Crippen molar-refractivity contribution in [3.05, 3.63) is 53.6 Å². The summed E-state index contributed by atoms with van der Waals surface area (Å²) in [7, 11) is 0. The number of anilines is 1. The zero-order valence-corrected chi connectivity index (χ0v) is 14.0. The number of rotatable bonds is 4. The van der Waals surface area contributed by atoms with Gasteiger partial charge in [-0.05, 0) is 49.1 Å². The highest BCUT2D eigenvalue weighted by Gasteiger charge is 2.15. The molecule has 1 heterocycles. The second-order valence-corrected chi connectivity index (χ2v) is 6.49. The van der Waals surface area contributed by atoms with E-state index in [-0.39, 0.29) is 5.91 Å². The fraction of sp³-hybridized carbons (Fsp3) is 0.278. The van der Waals surface area contributed by atoms with Crippen LogP contribution in [0.1, 0.15) is 28.1 Å². The summed E-state index contributed by atoms with van der Waals surface area (Å²) in [6, 6.07) is 13.2. The van der Waals surface area contributed by atoms with Crippen molar-refractivity contribution < 1.29 is 14.3 Å². The van der Waals surface area contributed by atoms with Crippen LogP contribution in [-0.2, 0) is 0 Å². The molecule has 1 unspecified atom stereocenters. The number of hydrogen-bond donors (Lipinski definition) is 1. The molecule has 1 aliphatic rings. The van der Waals surface area contributed by atoms with Gasteiger partial charge in [-0.1, -0.05) is 12.1 Å². The minimum absolute atomic E-state index is 0.157. The van der Waals surface area contributed by atoms with E-state index in [4.69, 9.17) is 9.47 Å². The molecule has 2 aromatic carbocycles. The minimum Gasteiger partial charge on any atom is -0.486 e. The van der Waals surface area contributed by atoms with E-state index in [9.17, 15) is 4.79 Å². The van der Waals surface area contributed by atoms with E-state index < -0.39 is 0 Å². The molecule has 0 aromatic heterocycles. The monoisotopic (exact) mass is 329 g/mol. The summed E-state index contributed by atoms with van der Waals surface area (Å²) in [5.41, 5.74) is 2.54. The minimum atomic E-state index is -0.157. The third kappa shape index (κ3) is 3.62. The Morgan fingerprint density at radius 2 is 1.91 bits per heavy atom. The second kappa shape index (κ2) is 6.96. The fourth-order valence-electron chi connectivity index (χ4n) is 2.39. The highest BCUT2D eigenvalue weighted by molar-refractivity contribution is 7.98. The first kappa shape index (κ1) is 15.7. The van der Waals surface area contributed by atoms with Crippen molar-refractivity contribution in [2.75, 3.05) is 24.8 Å². The molecule has 0 saturated heterocycles. The standard InChI is InChI=1S/C18H19NO3S/c1-12(23-2)13-4-3-5-15(10-13)19-18(20)14-6-7-16-17(11-14)22-9-8-21-16/h3-7,10-12H,8-9H2,1-2H3,(H,19,20). The lowest BCUT2D eigenvalue weighted by atomic mass is 10.1. The van der Waals surface area contributed by atoms with Crippen LogP contribution in [0.25, 0.3) is 0 Å². The average molecular weight is 329 g/mol. The van der Waals surface area contributed by atoms with Gasteiger partial charge in [0.15, 0.2) is 11.5 Å². The number of nitrogens with one attached hydrogen (secondary N) is 1. The summed E-state index contributed by atoms with van der Waals surface area (Å²) in [4.78, 5) is 12.4. The molecule has 1 N–H and O–H groups in total. The summed E-state index contributed by atoms with van der Waals surface area (Å²) in [6.07, 6.45) is 2.07. The van der Waals surface area contributed by atoms with E-state index in [1.807, 2.05) is 18.2 Å². The lowest BCUT2D eigenvalue weighted by Crippen LogP contribution is -2.17. The van der Waals surface area contributed by atoms with Crippen LogP contribution in [0.3, 0.4) is 0 Å². The summed E-state index contributed by atoms with van der Waals surface area (Å²) < 4.78 is 11.0. The van der Waals surface area contributed by atoms with E-state index in [2.05, 4.69) is 24.6 Å². The first-order valence-corrected chi connectivity index (χ1v) is 8.80. The molecule has 2 aromatic rings. The van der Waals surface area contributed by atoms with Crippen molar-refractivity contribution in [2.45, 2.75) is 12.2 Å². The number of carbonyl (C=O) groups excluding carboxylic acids is 1. The van der Waals surface area contributed by atoms with Crippen LogP contribution in [0, 0.1) is 0 Å². The lowest BCUT2D eigenvalue weighted by Gasteiger charge is -2.18. The normalized spacial score (nSPS) is 14.2. The number of amides is 1. The fourth-order valence-corrected chi connectivity index (χ4v) is 2.81. The molecule has 0 radical (unpaired) electrons. The molecule has 1 amide bonds. The third-order valence-corrected chi connectivity index (χ3v) is 4.75. The number of ether oxygens (including phenoxy) is 2. The molecular weight excluding hydrogens is 310 g/mol. The molecule has 4 nitrogen and oxygen atoms in total. The van der Waals surface area contributed by atoms with Crippen LogP contribution in [0.15, 0.2) is 42.5 Å². The van der Waals surface area contributed by atoms with Crippen molar-refractivity contribution in [3.8, 4) is 11.5 Å². The van der Waals surface area contributed by atoms with E-state index in [1.165, 1.54) is 5.56 Å². The van der Waals surface area contributed by atoms with Gasteiger partial charge in [0.25, 0.3) is 5.91 Å². The average Bonchev–Trinajstić information content (AvgIpc) is 2.60. The zero-order chi connectivity index (χ0) is 16.2. The Labute approximate surface area is 140 Å². The molecule has 0 aliphatic carbocycles. The number of carbonyl (C=O) groups is 1. The van der Waals surface area contributed by atoms with Crippen molar-refractivity contribution >= 4 is 23.4 Å². The molecule has 0 bridgehead atoms. The Hall–Kier alpha value is -2.14. The summed E-state index contributed by atoms with van der Waals surface area (Å²) in [6.45, 7) is 3.19. The molecule has 120 valence electrons. The maximum atomic E-state index is 12.4. The Morgan fingerprint density at radius 1 is 1.13 bits per heavy atom. The predicted molar refractivity (Wildman–Crippen MR) is 93.8 cm³/mol. The van der Waals surface area contributed by atoms with Gasteiger partial charge < -0.3 is 14.8 Å². The Balaban J connectivity index is 1.76. The molecule has 0 saturated carbocycles. The van der Waals surface area contributed by atoms with Crippen molar-refractivity contribution in [1.29, 1.82) is 0 Å². The van der Waals surface area contributed by atoms with E-state index in [0.717, 1.165) is 5.69 Å². The van der Waals surface area contributed by atoms with Gasteiger partial charge >= 0.3 is 0 Å². The first-order valence-electron chi connectivity index (χ1n) is 7.51. The SMILES string of the molecule is CSC(C)c1cccc(NC(=O)c2ccc3c(c2)OCCO3)c1. The first-order chi connectivity index (χ1) is 11.2. The Kier molecular flexibility index (Phi) is 4.76. The van der Waals surface area contributed by atoms with E-state index in [0.29, 0.717) is 35.5 Å². The molecule has 5 heteroatoms. The number of thioether (sulfide) groups is 1.